The molecule has 0 unspecified atom stereocenters. The molecular formula is C20H22N4O3S. The Morgan fingerprint density at radius 1 is 1.29 bits per heavy atom. The zero-order valence-electron chi connectivity index (χ0n) is 15.8. The van der Waals surface area contributed by atoms with Crippen LogP contribution in [0.4, 0.5) is 5.82 Å². The summed E-state index contributed by atoms with van der Waals surface area (Å²) in [5.74, 6) is 1.73. The van der Waals surface area contributed by atoms with Crippen molar-refractivity contribution in [3.05, 3.63) is 47.3 Å². The standard InChI is InChI=1S/C20H22N4O3S/c1-26-16-6-3-5-14(19(16)27-2)20(25)21-13-8-9-24(12-13)18-11-15(22-23-18)17-7-4-10-28-17/h3-7,10-11,13H,8-9,12H2,1-2H3,(H,21,25)(H,22,23)/t13-/m0/s1. The van der Waals surface area contributed by atoms with Crippen LogP contribution in [0.1, 0.15) is 16.8 Å². The molecule has 0 saturated carbocycles. The van der Waals surface area contributed by atoms with Crippen molar-refractivity contribution in [1.82, 2.24) is 15.5 Å². The first-order chi connectivity index (χ1) is 13.7. The molecule has 0 spiro atoms. The first-order valence-electron chi connectivity index (χ1n) is 9.05. The van der Waals surface area contributed by atoms with Gasteiger partial charge in [0.05, 0.1) is 30.4 Å². The molecule has 28 heavy (non-hydrogen) atoms. The SMILES string of the molecule is COc1cccc(C(=O)N[C@H]2CCN(c3cc(-c4cccs4)[nH]n3)C2)c1OC. The second-order valence-electron chi connectivity index (χ2n) is 6.56. The number of benzene rings is 1. The molecular weight excluding hydrogens is 376 g/mol. The number of nitrogens with one attached hydrogen (secondary N) is 2. The number of nitrogens with zero attached hydrogens (tertiary/aromatic N) is 2. The van der Waals surface area contributed by atoms with Crippen molar-refractivity contribution in [3.8, 4) is 22.1 Å². The molecule has 0 bridgehead atoms. The van der Waals surface area contributed by atoms with Gasteiger partial charge in [-0.1, -0.05) is 12.1 Å². The number of aromatic nitrogens is 2. The van der Waals surface area contributed by atoms with Crippen molar-refractivity contribution in [2.24, 2.45) is 0 Å². The third kappa shape index (κ3) is 3.55. The van der Waals surface area contributed by atoms with Crippen LogP contribution in [0.3, 0.4) is 0 Å². The van der Waals surface area contributed by atoms with Crippen LogP contribution >= 0.6 is 11.3 Å². The number of H-pyrrole nitrogens is 1. The summed E-state index contributed by atoms with van der Waals surface area (Å²) in [4.78, 5) is 16.1. The number of carbonyl (C=O) groups is 1. The molecule has 4 rings (SSSR count). The number of hydrogen-bond acceptors (Lipinski definition) is 6. The van der Waals surface area contributed by atoms with Crippen LogP contribution < -0.4 is 19.7 Å². The van der Waals surface area contributed by atoms with Crippen molar-refractivity contribution in [2.75, 3.05) is 32.2 Å². The lowest BCUT2D eigenvalue weighted by molar-refractivity contribution is 0.0936. The first-order valence-corrected chi connectivity index (χ1v) is 9.93. The lowest BCUT2D eigenvalue weighted by atomic mass is 10.1. The monoisotopic (exact) mass is 398 g/mol. The third-order valence-electron chi connectivity index (χ3n) is 4.85. The summed E-state index contributed by atoms with van der Waals surface area (Å²) in [6, 6.07) is 11.5. The minimum atomic E-state index is -0.163. The predicted octanol–water partition coefficient (Wildman–Crippen LogP) is 3.16. The molecule has 1 aliphatic heterocycles. The van der Waals surface area contributed by atoms with E-state index in [2.05, 4.69) is 32.5 Å². The van der Waals surface area contributed by atoms with Crippen LogP contribution in [-0.2, 0) is 0 Å². The Hall–Kier alpha value is -3.00. The molecule has 1 atom stereocenters. The summed E-state index contributed by atoms with van der Waals surface area (Å²) in [7, 11) is 3.09. The molecule has 3 aromatic rings. The smallest absolute Gasteiger partial charge is 0.255 e. The Kier molecular flexibility index (Phi) is 5.21. The number of aromatic amines is 1. The summed E-state index contributed by atoms with van der Waals surface area (Å²) in [5.41, 5.74) is 1.48. The van der Waals surface area contributed by atoms with Crippen molar-refractivity contribution in [1.29, 1.82) is 0 Å². The van der Waals surface area contributed by atoms with E-state index in [1.807, 2.05) is 11.4 Å². The van der Waals surface area contributed by atoms with Crippen LogP contribution in [0.15, 0.2) is 41.8 Å². The molecule has 7 nitrogen and oxygen atoms in total. The molecule has 0 aliphatic carbocycles. The fraction of sp³-hybridized carbons (Fsp3) is 0.300. The van der Waals surface area contributed by atoms with Gasteiger partial charge in [-0.25, -0.2) is 0 Å². The average Bonchev–Trinajstić information content (AvgIpc) is 3.47. The van der Waals surface area contributed by atoms with E-state index < -0.39 is 0 Å². The van der Waals surface area contributed by atoms with E-state index in [0.29, 0.717) is 23.6 Å². The van der Waals surface area contributed by atoms with E-state index in [-0.39, 0.29) is 11.9 Å². The van der Waals surface area contributed by atoms with Crippen LogP contribution in [0.2, 0.25) is 0 Å². The minimum absolute atomic E-state index is 0.0466. The molecule has 2 aromatic heterocycles. The second-order valence-corrected chi connectivity index (χ2v) is 7.51. The highest BCUT2D eigenvalue weighted by atomic mass is 32.1. The quantitative estimate of drug-likeness (QED) is 0.667. The van der Waals surface area contributed by atoms with Gasteiger partial charge < -0.3 is 19.7 Å². The van der Waals surface area contributed by atoms with Gasteiger partial charge in [0, 0.05) is 25.2 Å². The van der Waals surface area contributed by atoms with E-state index in [0.717, 1.165) is 29.4 Å². The number of methoxy groups -OCH3 is 2. The largest absolute Gasteiger partial charge is 0.493 e. The number of thiophene rings is 1. The molecule has 146 valence electrons. The second kappa shape index (κ2) is 7.93. The maximum absolute atomic E-state index is 12.8. The highest BCUT2D eigenvalue weighted by molar-refractivity contribution is 7.13. The average molecular weight is 398 g/mol. The van der Waals surface area contributed by atoms with Gasteiger partial charge >= 0.3 is 0 Å². The molecule has 8 heteroatoms. The van der Waals surface area contributed by atoms with Gasteiger partial charge in [-0.3, -0.25) is 9.89 Å². The maximum Gasteiger partial charge on any atom is 0.255 e. The van der Waals surface area contributed by atoms with Crippen molar-refractivity contribution in [3.63, 3.8) is 0 Å². The molecule has 0 radical (unpaired) electrons. The lowest BCUT2D eigenvalue weighted by Crippen LogP contribution is -2.37. The number of carbonyl (C=O) groups excluding carboxylic acids is 1. The highest BCUT2D eigenvalue weighted by Crippen LogP contribution is 2.31. The van der Waals surface area contributed by atoms with Crippen LogP contribution in [0.5, 0.6) is 11.5 Å². The van der Waals surface area contributed by atoms with Gasteiger partial charge in [0.15, 0.2) is 17.3 Å². The molecule has 1 fully saturated rings. The van der Waals surface area contributed by atoms with Gasteiger partial charge in [-0.15, -0.1) is 11.3 Å². The van der Waals surface area contributed by atoms with Gasteiger partial charge in [-0.05, 0) is 30.0 Å². The van der Waals surface area contributed by atoms with Crippen LogP contribution in [0.25, 0.3) is 10.6 Å². The Balaban J connectivity index is 1.42. The van der Waals surface area contributed by atoms with Crippen LogP contribution in [0, 0.1) is 0 Å². The Morgan fingerprint density at radius 2 is 2.18 bits per heavy atom. The van der Waals surface area contributed by atoms with Crippen LogP contribution in [-0.4, -0.2) is 49.5 Å². The van der Waals surface area contributed by atoms with Crippen molar-refractivity contribution < 1.29 is 14.3 Å². The molecule has 1 aliphatic rings. The minimum Gasteiger partial charge on any atom is -0.493 e. The number of hydrogen-bond donors (Lipinski definition) is 2. The zero-order valence-corrected chi connectivity index (χ0v) is 16.6. The predicted molar refractivity (Wildman–Crippen MR) is 110 cm³/mol. The summed E-state index contributed by atoms with van der Waals surface area (Å²) in [6.45, 7) is 1.56. The Bertz CT molecular complexity index is 954. The van der Waals surface area contributed by atoms with Gasteiger partial charge in [-0.2, -0.15) is 5.10 Å². The number of ether oxygens (including phenoxy) is 2. The topological polar surface area (TPSA) is 79.5 Å². The normalized spacial score (nSPS) is 16.2. The zero-order chi connectivity index (χ0) is 19.5. The number of anilines is 1. The molecule has 3 heterocycles. The fourth-order valence-corrected chi connectivity index (χ4v) is 4.14. The lowest BCUT2D eigenvalue weighted by Gasteiger charge is -2.17. The van der Waals surface area contributed by atoms with Gasteiger partial charge in [0.2, 0.25) is 0 Å². The molecule has 1 amide bonds. The summed E-state index contributed by atoms with van der Waals surface area (Å²) < 4.78 is 10.7. The molecule has 1 aromatic carbocycles. The summed E-state index contributed by atoms with van der Waals surface area (Å²) in [6.07, 6.45) is 0.860. The van der Waals surface area contributed by atoms with Crippen molar-refractivity contribution >= 4 is 23.1 Å². The van der Waals surface area contributed by atoms with Crippen molar-refractivity contribution in [2.45, 2.75) is 12.5 Å². The van der Waals surface area contributed by atoms with E-state index in [4.69, 9.17) is 9.47 Å². The first kappa shape index (κ1) is 18.4. The Morgan fingerprint density at radius 3 is 2.93 bits per heavy atom. The third-order valence-corrected chi connectivity index (χ3v) is 5.75. The number of amides is 1. The number of para-hydroxylation sites is 1. The molecule has 1 saturated heterocycles. The van der Waals surface area contributed by atoms with E-state index >= 15 is 0 Å². The summed E-state index contributed by atoms with van der Waals surface area (Å²) >= 11 is 1.68. The van der Waals surface area contributed by atoms with E-state index in [1.165, 1.54) is 7.11 Å². The van der Waals surface area contributed by atoms with Gasteiger partial charge in [0.25, 0.3) is 5.91 Å². The highest BCUT2D eigenvalue weighted by Gasteiger charge is 2.27. The fourth-order valence-electron chi connectivity index (χ4n) is 3.45. The Labute approximate surface area is 167 Å². The molecule has 2 N–H and O–H groups in total. The van der Waals surface area contributed by atoms with Gasteiger partial charge in [0.1, 0.15) is 0 Å². The maximum atomic E-state index is 12.8. The number of rotatable bonds is 6. The van der Waals surface area contributed by atoms with E-state index in [9.17, 15) is 4.79 Å². The summed E-state index contributed by atoms with van der Waals surface area (Å²) in [5, 5.41) is 12.7. The van der Waals surface area contributed by atoms with E-state index in [1.54, 1.807) is 36.6 Å².